The number of hydrogen-bond donors (Lipinski definition) is 1. The standard InChI is InChI=1S/C7H10F2O2.C6H8F2O3/c1-5(4-10)3-7(8,9)6(2)11;7-6(8,5(10)11)3-1-2-4-9/h4-5H,3H2,1-2H3;4H,1-3H2,(H,10,11). The molecule has 0 aromatic carbocycles. The van der Waals surface area contributed by atoms with Crippen molar-refractivity contribution in [3.8, 4) is 0 Å². The average molecular weight is 330 g/mol. The van der Waals surface area contributed by atoms with Crippen LogP contribution in [0.3, 0.4) is 0 Å². The lowest BCUT2D eigenvalue weighted by atomic mass is 10.0. The van der Waals surface area contributed by atoms with Gasteiger partial charge in [-0.2, -0.15) is 17.6 Å². The molecule has 0 aliphatic heterocycles. The third-order valence-corrected chi connectivity index (χ3v) is 2.45. The molecule has 0 aromatic heterocycles. The first-order valence-corrected chi connectivity index (χ1v) is 6.29. The normalized spacial score (nSPS) is 12.6. The van der Waals surface area contributed by atoms with Crippen LogP contribution < -0.4 is 0 Å². The summed E-state index contributed by atoms with van der Waals surface area (Å²) in [4.78, 5) is 39.7. The topological polar surface area (TPSA) is 88.5 Å². The summed E-state index contributed by atoms with van der Waals surface area (Å²) in [6.45, 7) is 2.17. The fourth-order valence-electron chi connectivity index (χ4n) is 1.11. The predicted octanol–water partition coefficient (Wildman–Crippen LogP) is 2.51. The van der Waals surface area contributed by atoms with Crippen molar-refractivity contribution in [2.75, 3.05) is 0 Å². The second kappa shape index (κ2) is 10.0. The average Bonchev–Trinajstić information content (AvgIpc) is 2.38. The fourth-order valence-corrected chi connectivity index (χ4v) is 1.11. The van der Waals surface area contributed by atoms with Crippen LogP contribution in [0.15, 0.2) is 0 Å². The summed E-state index contributed by atoms with van der Waals surface area (Å²) in [5, 5.41) is 7.90. The van der Waals surface area contributed by atoms with Crippen molar-refractivity contribution in [3.05, 3.63) is 0 Å². The molecule has 0 spiro atoms. The molecule has 128 valence electrons. The zero-order valence-corrected chi connectivity index (χ0v) is 12.2. The first-order chi connectivity index (χ1) is 9.90. The van der Waals surface area contributed by atoms with E-state index in [0.29, 0.717) is 12.6 Å². The van der Waals surface area contributed by atoms with Gasteiger partial charge in [0.2, 0.25) is 0 Å². The molecule has 0 aromatic rings. The first-order valence-electron chi connectivity index (χ1n) is 6.29. The van der Waals surface area contributed by atoms with E-state index in [-0.39, 0.29) is 12.8 Å². The highest BCUT2D eigenvalue weighted by Crippen LogP contribution is 2.23. The summed E-state index contributed by atoms with van der Waals surface area (Å²) in [6.07, 6.45) is -0.687. The van der Waals surface area contributed by atoms with Crippen molar-refractivity contribution in [2.45, 2.75) is 51.4 Å². The maximum absolute atomic E-state index is 12.5. The first kappa shape index (κ1) is 22.5. The minimum atomic E-state index is -3.69. The van der Waals surface area contributed by atoms with Crippen LogP contribution in [0.5, 0.6) is 0 Å². The number of carboxylic acid groups (broad SMARTS) is 1. The number of rotatable bonds is 9. The van der Waals surface area contributed by atoms with Gasteiger partial charge in [-0.25, -0.2) is 4.79 Å². The molecule has 1 atom stereocenters. The summed E-state index contributed by atoms with van der Waals surface area (Å²) in [7, 11) is 0. The Labute approximate surface area is 124 Å². The number of carboxylic acids is 1. The molecule has 0 aliphatic rings. The van der Waals surface area contributed by atoms with Gasteiger partial charge in [-0.15, -0.1) is 0 Å². The number of ketones is 1. The molecule has 0 saturated carbocycles. The molecule has 5 nitrogen and oxygen atoms in total. The summed E-state index contributed by atoms with van der Waals surface area (Å²) in [5.41, 5.74) is 0. The van der Waals surface area contributed by atoms with Gasteiger partial charge in [0.05, 0.1) is 0 Å². The Hall–Kier alpha value is -1.80. The number of carbonyl (C=O) groups is 4. The van der Waals surface area contributed by atoms with Gasteiger partial charge in [0.1, 0.15) is 12.6 Å². The molecular weight excluding hydrogens is 312 g/mol. The maximum atomic E-state index is 12.5. The Morgan fingerprint density at radius 1 is 1.14 bits per heavy atom. The fraction of sp³-hybridized carbons (Fsp3) is 0.692. The summed E-state index contributed by atoms with van der Waals surface area (Å²) in [6, 6.07) is 0. The number of alkyl halides is 4. The van der Waals surface area contributed by atoms with Crippen LogP contribution in [0, 0.1) is 5.92 Å². The van der Waals surface area contributed by atoms with Gasteiger partial charge in [-0.05, 0) is 6.42 Å². The van der Waals surface area contributed by atoms with E-state index in [9.17, 15) is 36.7 Å². The Kier molecular flexibility index (Phi) is 10.2. The van der Waals surface area contributed by atoms with Gasteiger partial charge >= 0.3 is 17.8 Å². The molecule has 22 heavy (non-hydrogen) atoms. The van der Waals surface area contributed by atoms with E-state index in [1.54, 1.807) is 0 Å². The molecule has 0 radical (unpaired) electrons. The Morgan fingerprint density at radius 3 is 1.95 bits per heavy atom. The molecule has 0 heterocycles. The van der Waals surface area contributed by atoms with E-state index in [1.807, 2.05) is 0 Å². The molecule has 0 rings (SSSR count). The third kappa shape index (κ3) is 10.0. The summed E-state index contributed by atoms with van der Waals surface area (Å²) >= 11 is 0. The van der Waals surface area contributed by atoms with Crippen LogP contribution in [0.4, 0.5) is 17.6 Å². The highest BCUT2D eigenvalue weighted by Gasteiger charge is 2.37. The molecule has 0 saturated heterocycles. The van der Waals surface area contributed by atoms with Gasteiger partial charge < -0.3 is 14.7 Å². The molecular formula is C13H18F4O5. The lowest BCUT2D eigenvalue weighted by molar-refractivity contribution is -0.165. The SMILES string of the molecule is CC(=O)C(F)(F)CC(C)C=O.O=CCCCC(F)(F)C(=O)O. The molecule has 0 bridgehead atoms. The zero-order chi connectivity index (χ0) is 18.0. The van der Waals surface area contributed by atoms with Crippen molar-refractivity contribution in [3.63, 3.8) is 0 Å². The van der Waals surface area contributed by atoms with Crippen molar-refractivity contribution in [1.29, 1.82) is 0 Å². The van der Waals surface area contributed by atoms with Crippen LogP contribution >= 0.6 is 0 Å². The van der Waals surface area contributed by atoms with E-state index in [0.717, 1.165) is 6.92 Å². The number of aliphatic carboxylic acids is 1. The van der Waals surface area contributed by atoms with Crippen LogP contribution in [0.25, 0.3) is 0 Å². The molecule has 0 amide bonds. The largest absolute Gasteiger partial charge is 0.477 e. The Balaban J connectivity index is 0. The molecule has 0 aliphatic carbocycles. The number of carbonyl (C=O) groups excluding carboxylic acids is 3. The van der Waals surface area contributed by atoms with E-state index in [2.05, 4.69) is 0 Å². The van der Waals surface area contributed by atoms with Gasteiger partial charge in [-0.3, -0.25) is 4.79 Å². The number of hydrogen-bond acceptors (Lipinski definition) is 4. The van der Waals surface area contributed by atoms with E-state index < -0.39 is 42.4 Å². The predicted molar refractivity (Wildman–Crippen MR) is 68.0 cm³/mol. The van der Waals surface area contributed by atoms with Gasteiger partial charge in [0.25, 0.3) is 0 Å². The third-order valence-electron chi connectivity index (χ3n) is 2.45. The monoisotopic (exact) mass is 330 g/mol. The Bertz CT molecular complexity index is 396. The lowest BCUT2D eigenvalue weighted by Gasteiger charge is -2.13. The van der Waals surface area contributed by atoms with Crippen molar-refractivity contribution < 1.29 is 41.8 Å². The highest BCUT2D eigenvalue weighted by molar-refractivity contribution is 5.83. The summed E-state index contributed by atoms with van der Waals surface area (Å²) < 4.78 is 49.3. The van der Waals surface area contributed by atoms with Gasteiger partial charge in [-0.1, -0.05) is 6.92 Å². The van der Waals surface area contributed by atoms with E-state index in [1.165, 1.54) is 6.92 Å². The zero-order valence-electron chi connectivity index (χ0n) is 12.2. The second-order valence-electron chi connectivity index (χ2n) is 4.65. The number of halogens is 4. The van der Waals surface area contributed by atoms with Crippen molar-refractivity contribution in [1.82, 2.24) is 0 Å². The van der Waals surface area contributed by atoms with Gasteiger partial charge in [0.15, 0.2) is 5.78 Å². The van der Waals surface area contributed by atoms with E-state index >= 15 is 0 Å². The quantitative estimate of drug-likeness (QED) is 0.399. The van der Waals surface area contributed by atoms with Gasteiger partial charge in [0, 0.05) is 32.1 Å². The van der Waals surface area contributed by atoms with Crippen LogP contribution in [-0.4, -0.2) is 41.3 Å². The summed E-state index contributed by atoms with van der Waals surface area (Å²) in [5.74, 6) is -11.1. The minimum absolute atomic E-state index is 0.0249. The second-order valence-corrected chi connectivity index (χ2v) is 4.65. The molecule has 0 fully saturated rings. The van der Waals surface area contributed by atoms with Crippen molar-refractivity contribution >= 4 is 24.3 Å². The number of Topliss-reactive ketones (excluding diaryl/α,β-unsaturated/α-hetero) is 1. The Morgan fingerprint density at radius 2 is 1.64 bits per heavy atom. The van der Waals surface area contributed by atoms with Crippen LogP contribution in [0.2, 0.25) is 0 Å². The van der Waals surface area contributed by atoms with Crippen LogP contribution in [0.1, 0.15) is 39.5 Å². The van der Waals surface area contributed by atoms with Crippen LogP contribution in [-0.2, 0) is 19.2 Å². The smallest absolute Gasteiger partial charge is 0.374 e. The maximum Gasteiger partial charge on any atom is 0.374 e. The van der Waals surface area contributed by atoms with E-state index in [4.69, 9.17) is 5.11 Å². The molecule has 1 unspecified atom stereocenters. The number of unbranched alkanes of at least 4 members (excludes halogenated alkanes) is 1. The molecule has 1 N–H and O–H groups in total. The minimum Gasteiger partial charge on any atom is -0.477 e. The molecule has 9 heteroatoms. The highest BCUT2D eigenvalue weighted by atomic mass is 19.3. The van der Waals surface area contributed by atoms with Crippen molar-refractivity contribution in [2.24, 2.45) is 5.92 Å². The lowest BCUT2D eigenvalue weighted by Crippen LogP contribution is -2.28. The number of aldehydes is 2.